The van der Waals surface area contributed by atoms with Crippen molar-refractivity contribution < 1.29 is 4.42 Å². The Kier molecular flexibility index (Phi) is 10.0. The quantitative estimate of drug-likeness (QED) is 0.307. The number of piperidine rings is 1. The van der Waals surface area contributed by atoms with E-state index in [0.29, 0.717) is 5.92 Å². The van der Waals surface area contributed by atoms with Gasteiger partial charge in [0.25, 0.3) is 0 Å². The van der Waals surface area contributed by atoms with E-state index >= 15 is 0 Å². The van der Waals surface area contributed by atoms with E-state index in [-0.39, 0.29) is 24.0 Å². The zero-order valence-electron chi connectivity index (χ0n) is 18.5. The second-order valence-electron chi connectivity index (χ2n) is 7.64. The highest BCUT2D eigenvalue weighted by Gasteiger charge is 2.21. The molecule has 10 heteroatoms. The van der Waals surface area contributed by atoms with E-state index in [9.17, 15) is 0 Å². The third-order valence-electron chi connectivity index (χ3n) is 5.58. The highest BCUT2D eigenvalue weighted by molar-refractivity contribution is 14.0. The minimum atomic E-state index is 0. The topological polar surface area (TPSA) is 96.4 Å². The third kappa shape index (κ3) is 6.93. The molecule has 0 aliphatic carbocycles. The Bertz CT molecular complexity index is 775. The van der Waals surface area contributed by atoms with Crippen molar-refractivity contribution in [3.05, 3.63) is 29.5 Å². The van der Waals surface area contributed by atoms with E-state index in [1.165, 1.54) is 12.8 Å². The molecule has 168 valence electrons. The summed E-state index contributed by atoms with van der Waals surface area (Å²) in [5.41, 5.74) is 0.994. The highest BCUT2D eigenvalue weighted by atomic mass is 127. The molecule has 1 fully saturated rings. The minimum Gasteiger partial charge on any atom is -0.444 e. The van der Waals surface area contributed by atoms with Crippen LogP contribution in [-0.4, -0.2) is 63.8 Å². The fourth-order valence-corrected chi connectivity index (χ4v) is 3.64. The molecule has 30 heavy (non-hydrogen) atoms. The predicted molar refractivity (Wildman–Crippen MR) is 128 cm³/mol. The van der Waals surface area contributed by atoms with Gasteiger partial charge in [-0.3, -0.25) is 9.89 Å². The van der Waals surface area contributed by atoms with Crippen molar-refractivity contribution in [2.75, 3.05) is 33.2 Å². The molecule has 0 atom stereocenters. The maximum Gasteiger partial charge on any atom is 0.208 e. The summed E-state index contributed by atoms with van der Waals surface area (Å²) in [6.45, 7) is 11.6. The number of aromatic nitrogens is 4. The van der Waals surface area contributed by atoms with Crippen molar-refractivity contribution in [2.45, 2.75) is 53.1 Å². The summed E-state index contributed by atoms with van der Waals surface area (Å²) in [4.78, 5) is 11.3. The third-order valence-corrected chi connectivity index (χ3v) is 5.58. The van der Waals surface area contributed by atoms with Crippen LogP contribution in [0, 0.1) is 19.8 Å². The molecule has 0 unspecified atom stereocenters. The van der Waals surface area contributed by atoms with Gasteiger partial charge in [-0.1, -0.05) is 6.92 Å². The molecule has 0 spiro atoms. The van der Waals surface area contributed by atoms with E-state index in [4.69, 9.17) is 4.42 Å². The van der Waals surface area contributed by atoms with E-state index in [1.54, 1.807) is 6.33 Å². The van der Waals surface area contributed by atoms with Gasteiger partial charge in [-0.15, -0.1) is 34.2 Å². The predicted octanol–water partition coefficient (Wildman–Crippen LogP) is 2.14. The molecule has 9 nitrogen and oxygen atoms in total. The van der Waals surface area contributed by atoms with Crippen LogP contribution in [0.15, 0.2) is 15.7 Å². The number of aliphatic imine (C=N–C) groups is 1. The fourth-order valence-electron chi connectivity index (χ4n) is 3.64. The van der Waals surface area contributed by atoms with Crippen molar-refractivity contribution in [2.24, 2.45) is 10.9 Å². The first-order valence-electron chi connectivity index (χ1n) is 10.6. The lowest BCUT2D eigenvalue weighted by Gasteiger charge is -2.31. The van der Waals surface area contributed by atoms with Gasteiger partial charge in [-0.2, -0.15) is 0 Å². The molecule has 1 aliphatic heterocycles. The van der Waals surface area contributed by atoms with E-state index < -0.39 is 0 Å². The average Bonchev–Trinajstić information content (AvgIpc) is 3.31. The lowest BCUT2D eigenvalue weighted by atomic mass is 9.97. The van der Waals surface area contributed by atoms with Gasteiger partial charge >= 0.3 is 0 Å². The Balaban J connectivity index is 0.00000320. The maximum atomic E-state index is 5.72. The molecule has 0 radical (unpaired) electrons. The van der Waals surface area contributed by atoms with Gasteiger partial charge in [0.1, 0.15) is 17.9 Å². The lowest BCUT2D eigenvalue weighted by molar-refractivity contribution is 0.164. The number of likely N-dealkylation sites (tertiary alicyclic amines) is 1. The number of hydrogen-bond acceptors (Lipinski definition) is 6. The van der Waals surface area contributed by atoms with E-state index in [0.717, 1.165) is 74.8 Å². The molecule has 0 aromatic carbocycles. The largest absolute Gasteiger partial charge is 0.444 e. The zero-order valence-corrected chi connectivity index (χ0v) is 20.8. The van der Waals surface area contributed by atoms with Crippen LogP contribution in [-0.2, 0) is 19.5 Å². The van der Waals surface area contributed by atoms with Crippen molar-refractivity contribution in [3.63, 3.8) is 0 Å². The SMILES string of the molecule is CCc1nncn1CCNC(=NC)NCC1CCN(Cc2nc(C)c(C)o2)CC1.I. The summed E-state index contributed by atoms with van der Waals surface area (Å²) in [5, 5.41) is 14.9. The molecule has 2 aromatic rings. The van der Waals surface area contributed by atoms with Crippen LogP contribution < -0.4 is 10.6 Å². The van der Waals surface area contributed by atoms with Crippen LogP contribution in [0.4, 0.5) is 0 Å². The molecular weight excluding hydrogens is 495 g/mol. The number of nitrogens with zero attached hydrogens (tertiary/aromatic N) is 6. The van der Waals surface area contributed by atoms with E-state index in [2.05, 4.69) is 47.2 Å². The number of rotatable bonds is 8. The Labute approximate surface area is 196 Å². The number of guanidine groups is 1. The first kappa shape index (κ1) is 24.6. The van der Waals surface area contributed by atoms with Crippen molar-refractivity contribution in [1.82, 2.24) is 35.3 Å². The van der Waals surface area contributed by atoms with Crippen molar-refractivity contribution >= 4 is 29.9 Å². The molecule has 2 N–H and O–H groups in total. The van der Waals surface area contributed by atoms with Crippen LogP contribution in [0.1, 0.15) is 42.9 Å². The average molecular weight is 530 g/mol. The summed E-state index contributed by atoms with van der Waals surface area (Å²) in [5.74, 6) is 4.27. The minimum absolute atomic E-state index is 0. The number of aryl methyl sites for hydroxylation is 3. The summed E-state index contributed by atoms with van der Waals surface area (Å²) in [6.07, 6.45) is 5.01. The van der Waals surface area contributed by atoms with Gasteiger partial charge in [0.15, 0.2) is 5.96 Å². The molecule has 3 rings (SSSR count). The maximum absolute atomic E-state index is 5.72. The molecule has 1 aliphatic rings. The standard InChI is InChI=1S/C20H34N8O.HI/c1-5-18-26-24-14-28(18)11-8-22-20(21-4)23-12-17-6-9-27(10-7-17)13-19-25-15(2)16(3)29-19;/h14,17H,5-13H2,1-4H3,(H2,21,22,23);1H. The first-order chi connectivity index (χ1) is 14.1. The molecule has 0 bridgehead atoms. The van der Waals surface area contributed by atoms with E-state index in [1.807, 2.05) is 20.9 Å². The number of nitrogens with one attached hydrogen (secondary N) is 2. The second kappa shape index (κ2) is 12.2. The molecule has 0 amide bonds. The van der Waals surface area contributed by atoms with Crippen LogP contribution in [0.5, 0.6) is 0 Å². The van der Waals surface area contributed by atoms with Gasteiger partial charge in [-0.05, 0) is 45.7 Å². The fraction of sp³-hybridized carbons (Fsp3) is 0.700. The van der Waals surface area contributed by atoms with Gasteiger partial charge < -0.3 is 19.6 Å². The second-order valence-corrected chi connectivity index (χ2v) is 7.64. The van der Waals surface area contributed by atoms with Gasteiger partial charge in [-0.25, -0.2) is 4.98 Å². The van der Waals surface area contributed by atoms with Crippen LogP contribution in [0.3, 0.4) is 0 Å². The normalized spacial score (nSPS) is 15.8. The monoisotopic (exact) mass is 530 g/mol. The van der Waals surface area contributed by atoms with Crippen molar-refractivity contribution in [3.8, 4) is 0 Å². The Morgan fingerprint density at radius 2 is 2.03 bits per heavy atom. The Morgan fingerprint density at radius 1 is 1.27 bits per heavy atom. The zero-order chi connectivity index (χ0) is 20.6. The van der Waals surface area contributed by atoms with Gasteiger partial charge in [0.2, 0.25) is 5.89 Å². The molecule has 2 aromatic heterocycles. The highest BCUT2D eigenvalue weighted by Crippen LogP contribution is 2.19. The Hall–Kier alpha value is -1.69. The number of oxazole rings is 1. The lowest BCUT2D eigenvalue weighted by Crippen LogP contribution is -2.43. The van der Waals surface area contributed by atoms with Crippen molar-refractivity contribution in [1.29, 1.82) is 0 Å². The summed E-state index contributed by atoms with van der Waals surface area (Å²) >= 11 is 0. The van der Waals surface area contributed by atoms with Crippen LogP contribution >= 0.6 is 24.0 Å². The number of halogens is 1. The van der Waals surface area contributed by atoms with Gasteiger partial charge in [0, 0.05) is 33.1 Å². The molecule has 3 heterocycles. The van der Waals surface area contributed by atoms with Crippen LogP contribution in [0.2, 0.25) is 0 Å². The number of hydrogen-bond donors (Lipinski definition) is 2. The van der Waals surface area contributed by atoms with Crippen LogP contribution in [0.25, 0.3) is 0 Å². The summed E-state index contributed by atoms with van der Waals surface area (Å²) < 4.78 is 7.79. The Morgan fingerprint density at radius 3 is 2.67 bits per heavy atom. The van der Waals surface area contributed by atoms with Gasteiger partial charge in [0.05, 0.1) is 12.2 Å². The summed E-state index contributed by atoms with van der Waals surface area (Å²) in [6, 6.07) is 0. The molecular formula is C20H35IN8O. The molecule has 1 saturated heterocycles. The summed E-state index contributed by atoms with van der Waals surface area (Å²) in [7, 11) is 1.81. The molecule has 0 saturated carbocycles. The smallest absolute Gasteiger partial charge is 0.208 e. The first-order valence-corrected chi connectivity index (χ1v) is 10.6.